The van der Waals surface area contributed by atoms with E-state index in [1.165, 1.54) is 6.07 Å². The van der Waals surface area contributed by atoms with Crippen molar-refractivity contribution in [2.45, 2.75) is 82.5 Å². The lowest BCUT2D eigenvalue weighted by Crippen LogP contribution is -2.43. The van der Waals surface area contributed by atoms with E-state index in [0.717, 1.165) is 30.4 Å². The van der Waals surface area contributed by atoms with Gasteiger partial charge in [0.1, 0.15) is 17.2 Å². The van der Waals surface area contributed by atoms with Crippen molar-refractivity contribution >= 4 is 16.2 Å². The molecule has 1 aromatic heterocycles. The fraction of sp³-hybridized carbons (Fsp3) is 0.583. The maximum Gasteiger partial charge on any atom is 0.534 e. The number of aromatic amines is 1. The Morgan fingerprint density at radius 2 is 1.86 bits per heavy atom. The number of nitrogens with zero attached hydrogens (tertiary/aromatic N) is 2. The molecule has 36 heavy (non-hydrogen) atoms. The van der Waals surface area contributed by atoms with Crippen molar-refractivity contribution in [3.63, 3.8) is 0 Å². The molecule has 196 valence electrons. The Hall–Kier alpha value is -2.76. The number of hydrogen-bond donors (Lipinski definition) is 1. The van der Waals surface area contributed by atoms with Crippen molar-refractivity contribution in [1.29, 1.82) is 0 Å². The van der Waals surface area contributed by atoms with E-state index >= 15 is 0 Å². The standard InChI is InChI=1S/C24H28F3N3O5S/c1-23(2,3)34-22(31)30-14-8-7-13(11-14)20(30)21-28-12-18(29-21)16-9-10-19(17-6-4-5-15(16)17)35-36(32,33)24(25,26)27/h9-10,12-14,20H,4-8,11H2,1-3H3,(H,28,29)/t13?,14?,20-/m0/s1. The molecule has 2 heterocycles. The molecule has 2 fully saturated rings. The molecular weight excluding hydrogens is 499 g/mol. The summed E-state index contributed by atoms with van der Waals surface area (Å²) < 4.78 is 71.8. The highest BCUT2D eigenvalue weighted by Crippen LogP contribution is 2.50. The number of carbonyl (C=O) groups excluding carboxylic acids is 1. The first-order valence-electron chi connectivity index (χ1n) is 12.0. The van der Waals surface area contributed by atoms with Gasteiger partial charge in [0.2, 0.25) is 0 Å². The zero-order valence-electron chi connectivity index (χ0n) is 20.2. The van der Waals surface area contributed by atoms with Crippen LogP contribution in [-0.4, -0.2) is 46.5 Å². The van der Waals surface area contributed by atoms with Gasteiger partial charge in [-0.1, -0.05) is 0 Å². The van der Waals surface area contributed by atoms with Crippen molar-refractivity contribution in [2.75, 3.05) is 0 Å². The average Bonchev–Trinajstić information content (AvgIpc) is 3.54. The van der Waals surface area contributed by atoms with E-state index < -0.39 is 21.2 Å². The number of aromatic nitrogens is 2. The van der Waals surface area contributed by atoms with Crippen LogP contribution in [0.5, 0.6) is 5.75 Å². The predicted octanol–water partition coefficient (Wildman–Crippen LogP) is 5.25. The Morgan fingerprint density at radius 1 is 1.14 bits per heavy atom. The van der Waals surface area contributed by atoms with Crippen LogP contribution in [0.4, 0.5) is 18.0 Å². The monoisotopic (exact) mass is 527 g/mol. The van der Waals surface area contributed by atoms with E-state index in [1.807, 2.05) is 20.8 Å². The maximum absolute atomic E-state index is 13.0. The van der Waals surface area contributed by atoms with Crippen molar-refractivity contribution in [1.82, 2.24) is 14.9 Å². The third-order valence-electron chi connectivity index (χ3n) is 7.08. The summed E-state index contributed by atoms with van der Waals surface area (Å²) in [6.45, 7) is 5.48. The number of rotatable bonds is 4. The van der Waals surface area contributed by atoms with Crippen molar-refractivity contribution in [2.24, 2.45) is 5.92 Å². The first-order chi connectivity index (χ1) is 16.7. The average molecular weight is 528 g/mol. The van der Waals surface area contributed by atoms with Gasteiger partial charge in [-0.05, 0) is 88.5 Å². The fourth-order valence-electron chi connectivity index (χ4n) is 5.71. The summed E-state index contributed by atoms with van der Waals surface area (Å²) >= 11 is 0. The van der Waals surface area contributed by atoms with E-state index in [-0.39, 0.29) is 29.8 Å². The minimum Gasteiger partial charge on any atom is -0.444 e. The molecule has 1 aromatic carbocycles. The lowest BCUT2D eigenvalue weighted by molar-refractivity contribution is -0.0500. The Balaban J connectivity index is 1.45. The zero-order chi connectivity index (χ0) is 26.0. The number of H-pyrrole nitrogens is 1. The van der Waals surface area contributed by atoms with E-state index in [0.29, 0.717) is 36.3 Å². The lowest BCUT2D eigenvalue weighted by Gasteiger charge is -2.35. The maximum atomic E-state index is 13.0. The molecule has 2 aliphatic carbocycles. The molecular formula is C24H28F3N3O5S. The number of hydrogen-bond acceptors (Lipinski definition) is 6. The molecule has 2 aromatic rings. The second kappa shape index (κ2) is 8.39. The number of fused-ring (bicyclic) bond motifs is 3. The van der Waals surface area contributed by atoms with Crippen LogP contribution >= 0.6 is 0 Å². The Kier molecular flexibility index (Phi) is 5.81. The summed E-state index contributed by atoms with van der Waals surface area (Å²) in [6.07, 6.45) is 5.71. The Bertz CT molecular complexity index is 1300. The van der Waals surface area contributed by atoms with Crippen LogP contribution in [-0.2, 0) is 27.7 Å². The largest absolute Gasteiger partial charge is 0.534 e. The number of piperidine rings is 1. The highest BCUT2D eigenvalue weighted by atomic mass is 32.2. The summed E-state index contributed by atoms with van der Waals surface area (Å²) in [6, 6.07) is 2.66. The van der Waals surface area contributed by atoms with E-state index in [4.69, 9.17) is 4.74 Å². The summed E-state index contributed by atoms with van der Waals surface area (Å²) in [7, 11) is -5.76. The third kappa shape index (κ3) is 4.33. The topological polar surface area (TPSA) is 102 Å². The SMILES string of the molecule is CC(C)(C)OC(=O)N1C2CCC(C2)[C@H]1c1ncc(-c2ccc(OS(=O)(=O)C(F)(F)F)c3c2CCC3)[nH]1. The predicted molar refractivity (Wildman–Crippen MR) is 124 cm³/mol. The van der Waals surface area contributed by atoms with Gasteiger partial charge in [-0.3, -0.25) is 4.90 Å². The van der Waals surface area contributed by atoms with E-state index in [2.05, 4.69) is 14.2 Å². The van der Waals surface area contributed by atoms with Crippen molar-refractivity contribution in [3.05, 3.63) is 35.3 Å². The molecule has 1 saturated carbocycles. The van der Waals surface area contributed by atoms with E-state index in [9.17, 15) is 26.4 Å². The summed E-state index contributed by atoms with van der Waals surface area (Å²) in [5.74, 6) is 0.595. The molecule has 3 aliphatic rings. The Labute approximate surface area is 207 Å². The summed E-state index contributed by atoms with van der Waals surface area (Å²) in [5, 5.41) is 0. The first-order valence-corrected chi connectivity index (χ1v) is 13.4. The number of nitrogens with one attached hydrogen (secondary N) is 1. The van der Waals surface area contributed by atoms with Crippen LogP contribution in [0.3, 0.4) is 0 Å². The number of amides is 1. The second-order valence-electron chi connectivity index (χ2n) is 10.6. The van der Waals surface area contributed by atoms with Crippen LogP contribution in [0, 0.1) is 5.92 Å². The van der Waals surface area contributed by atoms with Gasteiger partial charge in [0.15, 0.2) is 0 Å². The number of imidazole rings is 1. The lowest BCUT2D eigenvalue weighted by atomic mass is 9.98. The normalized spacial score (nSPS) is 23.7. The molecule has 0 radical (unpaired) electrons. The van der Waals surface area contributed by atoms with Gasteiger partial charge in [0, 0.05) is 11.6 Å². The number of alkyl halides is 3. The molecule has 8 nitrogen and oxygen atoms in total. The summed E-state index contributed by atoms with van der Waals surface area (Å²) in [5.41, 5.74) is -3.56. The molecule has 1 aliphatic heterocycles. The molecule has 12 heteroatoms. The zero-order valence-corrected chi connectivity index (χ0v) is 21.0. The minimum atomic E-state index is -5.76. The van der Waals surface area contributed by atoms with Gasteiger partial charge in [0.05, 0.1) is 17.9 Å². The van der Waals surface area contributed by atoms with Gasteiger partial charge in [-0.25, -0.2) is 9.78 Å². The molecule has 2 unspecified atom stereocenters. The van der Waals surface area contributed by atoms with Crippen LogP contribution in [0.1, 0.15) is 69.4 Å². The number of likely N-dealkylation sites (tertiary alicyclic amines) is 1. The second-order valence-corrected chi connectivity index (χ2v) is 12.2. The minimum absolute atomic E-state index is 0.0969. The number of halogens is 3. The van der Waals surface area contributed by atoms with Crippen LogP contribution in [0.2, 0.25) is 0 Å². The van der Waals surface area contributed by atoms with Crippen LogP contribution < -0.4 is 4.18 Å². The smallest absolute Gasteiger partial charge is 0.444 e. The molecule has 1 saturated heterocycles. The third-order valence-corrected chi connectivity index (χ3v) is 8.05. The van der Waals surface area contributed by atoms with Gasteiger partial charge < -0.3 is 13.9 Å². The molecule has 1 N–H and O–H groups in total. The number of benzene rings is 1. The van der Waals surface area contributed by atoms with Gasteiger partial charge >= 0.3 is 21.7 Å². The molecule has 3 atom stereocenters. The van der Waals surface area contributed by atoms with Crippen LogP contribution in [0.25, 0.3) is 11.3 Å². The molecule has 0 spiro atoms. The van der Waals surface area contributed by atoms with Gasteiger partial charge in [-0.2, -0.15) is 21.6 Å². The first kappa shape index (κ1) is 24.9. The Morgan fingerprint density at radius 3 is 2.56 bits per heavy atom. The quantitative estimate of drug-likeness (QED) is 0.430. The number of carbonyl (C=O) groups is 1. The molecule has 5 rings (SSSR count). The van der Waals surface area contributed by atoms with Gasteiger partial charge in [0.25, 0.3) is 0 Å². The van der Waals surface area contributed by atoms with E-state index in [1.54, 1.807) is 17.2 Å². The fourth-order valence-corrected chi connectivity index (χ4v) is 6.20. The highest BCUT2D eigenvalue weighted by molar-refractivity contribution is 7.88. The number of ether oxygens (including phenoxy) is 1. The van der Waals surface area contributed by atoms with Crippen molar-refractivity contribution in [3.8, 4) is 17.0 Å². The van der Waals surface area contributed by atoms with Gasteiger partial charge in [-0.15, -0.1) is 0 Å². The van der Waals surface area contributed by atoms with Crippen LogP contribution in [0.15, 0.2) is 18.3 Å². The van der Waals surface area contributed by atoms with Crippen molar-refractivity contribution < 1.29 is 35.3 Å². The summed E-state index contributed by atoms with van der Waals surface area (Å²) in [4.78, 5) is 22.7. The molecule has 1 amide bonds. The highest BCUT2D eigenvalue weighted by Gasteiger charge is 2.51. The molecule has 2 bridgehead atoms.